The molecule has 5 nitrogen and oxygen atoms in total. The van der Waals surface area contributed by atoms with Crippen LogP contribution in [0, 0.1) is 4.77 Å². The van der Waals surface area contributed by atoms with Gasteiger partial charge in [-0.15, -0.1) is 0 Å². The quantitative estimate of drug-likeness (QED) is 0.847. The normalized spacial score (nSPS) is 11.8. The maximum absolute atomic E-state index is 5.58. The smallest absolute Gasteiger partial charge is 0.179 e. The van der Waals surface area contributed by atoms with E-state index >= 15 is 0 Å². The fourth-order valence-corrected chi connectivity index (χ4v) is 2.39. The van der Waals surface area contributed by atoms with Gasteiger partial charge in [-0.1, -0.05) is 6.92 Å². The van der Waals surface area contributed by atoms with Crippen LogP contribution < -0.4 is 0 Å². The van der Waals surface area contributed by atoms with Crippen LogP contribution in [0.4, 0.5) is 0 Å². The molecule has 0 aromatic carbocycles. The number of aryl methyl sites for hydroxylation is 2. The molecule has 18 heavy (non-hydrogen) atoms. The lowest BCUT2D eigenvalue weighted by atomic mass is 10.3. The van der Waals surface area contributed by atoms with Crippen molar-refractivity contribution in [1.82, 2.24) is 19.3 Å². The van der Waals surface area contributed by atoms with Crippen molar-refractivity contribution in [3.8, 4) is 0 Å². The van der Waals surface area contributed by atoms with Gasteiger partial charge in [-0.25, -0.2) is 0 Å². The van der Waals surface area contributed by atoms with Crippen molar-refractivity contribution in [1.29, 1.82) is 0 Å². The molecule has 0 radical (unpaired) electrons. The van der Waals surface area contributed by atoms with E-state index in [1.165, 1.54) is 0 Å². The summed E-state index contributed by atoms with van der Waals surface area (Å²) < 4.78 is 10.3. The summed E-state index contributed by atoms with van der Waals surface area (Å²) in [6.45, 7) is 7.57. The van der Waals surface area contributed by atoms with E-state index in [4.69, 9.17) is 17.0 Å². The van der Waals surface area contributed by atoms with Gasteiger partial charge in [0.15, 0.2) is 10.4 Å². The molecule has 0 atom stereocenters. The molecule has 0 aliphatic rings. The number of hydrogen-bond acceptors (Lipinski definition) is 3. The number of fused-ring (bicyclic) bond motifs is 1. The third kappa shape index (κ3) is 2.35. The second kappa shape index (κ2) is 5.24. The van der Waals surface area contributed by atoms with Crippen molar-refractivity contribution < 1.29 is 4.74 Å². The monoisotopic (exact) mass is 268 g/mol. The van der Waals surface area contributed by atoms with Crippen molar-refractivity contribution in [2.75, 3.05) is 6.61 Å². The van der Waals surface area contributed by atoms with Crippen LogP contribution in [0.2, 0.25) is 0 Å². The van der Waals surface area contributed by atoms with Crippen LogP contribution in [0.3, 0.4) is 0 Å². The Hall–Kier alpha value is -1.14. The SMILES string of the molecule is CCc1nn(C)c2c1[nH]c(=S)n2CCOC(C)C. The van der Waals surface area contributed by atoms with Gasteiger partial charge in [0.2, 0.25) is 0 Å². The molecule has 0 aliphatic carbocycles. The minimum atomic E-state index is 0.242. The zero-order chi connectivity index (χ0) is 13.3. The lowest BCUT2D eigenvalue weighted by molar-refractivity contribution is 0.0729. The number of nitrogens with one attached hydrogen (secondary N) is 1. The van der Waals surface area contributed by atoms with E-state index in [9.17, 15) is 0 Å². The average Bonchev–Trinajstić information content (AvgIpc) is 2.77. The van der Waals surface area contributed by atoms with Crippen molar-refractivity contribution >= 4 is 23.4 Å². The molecule has 2 aromatic rings. The molecule has 2 rings (SSSR count). The summed E-state index contributed by atoms with van der Waals surface area (Å²) in [5, 5.41) is 4.49. The number of imidazole rings is 1. The molecule has 0 fully saturated rings. The van der Waals surface area contributed by atoms with Crippen molar-refractivity contribution in [2.45, 2.75) is 39.8 Å². The molecule has 0 saturated carbocycles. The molecule has 0 spiro atoms. The van der Waals surface area contributed by atoms with Gasteiger partial charge in [0.05, 0.1) is 24.9 Å². The Kier molecular flexibility index (Phi) is 3.87. The Bertz CT molecular complexity index is 593. The first-order chi connectivity index (χ1) is 8.54. The Labute approximate surface area is 112 Å². The molecular formula is C12H20N4OS. The van der Waals surface area contributed by atoms with E-state index in [0.29, 0.717) is 6.61 Å². The lowest BCUT2D eigenvalue weighted by Crippen LogP contribution is -2.12. The fourth-order valence-electron chi connectivity index (χ4n) is 2.11. The highest BCUT2D eigenvalue weighted by Gasteiger charge is 2.13. The molecule has 0 saturated heterocycles. The molecule has 6 heteroatoms. The van der Waals surface area contributed by atoms with Crippen LogP contribution in [-0.2, 0) is 24.8 Å². The van der Waals surface area contributed by atoms with Gasteiger partial charge in [0.25, 0.3) is 0 Å². The number of nitrogens with zero attached hydrogens (tertiary/aromatic N) is 3. The van der Waals surface area contributed by atoms with Crippen molar-refractivity contribution in [3.05, 3.63) is 10.5 Å². The first-order valence-electron chi connectivity index (χ1n) is 6.30. The van der Waals surface area contributed by atoms with Crippen LogP contribution in [0.25, 0.3) is 11.2 Å². The van der Waals surface area contributed by atoms with E-state index in [1.54, 1.807) is 0 Å². The van der Waals surface area contributed by atoms with E-state index in [-0.39, 0.29) is 6.10 Å². The maximum Gasteiger partial charge on any atom is 0.179 e. The average molecular weight is 268 g/mol. The van der Waals surface area contributed by atoms with Crippen LogP contribution in [0.15, 0.2) is 0 Å². The molecule has 0 bridgehead atoms. The summed E-state index contributed by atoms with van der Waals surface area (Å²) >= 11 is 5.36. The molecular weight excluding hydrogens is 248 g/mol. The number of hydrogen-bond donors (Lipinski definition) is 1. The van der Waals surface area contributed by atoms with Crippen LogP contribution in [0.5, 0.6) is 0 Å². The fraction of sp³-hybridized carbons (Fsp3) is 0.667. The molecule has 2 aromatic heterocycles. The van der Waals surface area contributed by atoms with Gasteiger partial charge < -0.3 is 9.72 Å². The maximum atomic E-state index is 5.58. The highest BCUT2D eigenvalue weighted by atomic mass is 32.1. The van der Waals surface area contributed by atoms with Crippen LogP contribution in [0.1, 0.15) is 26.5 Å². The summed E-state index contributed by atoms with van der Waals surface area (Å²) in [5.41, 5.74) is 3.15. The van der Waals surface area contributed by atoms with Gasteiger partial charge in [-0.2, -0.15) is 5.10 Å². The summed E-state index contributed by atoms with van der Waals surface area (Å²) in [4.78, 5) is 3.24. The number of aromatic nitrogens is 4. The second-order valence-corrected chi connectivity index (χ2v) is 5.01. The summed E-state index contributed by atoms with van der Waals surface area (Å²) in [7, 11) is 1.95. The topological polar surface area (TPSA) is 47.8 Å². The zero-order valence-electron chi connectivity index (χ0n) is 11.4. The molecule has 2 heterocycles. The van der Waals surface area contributed by atoms with Crippen LogP contribution in [-0.4, -0.2) is 32.0 Å². The number of ether oxygens (including phenoxy) is 1. The third-order valence-electron chi connectivity index (χ3n) is 2.92. The first kappa shape index (κ1) is 13.3. The summed E-state index contributed by atoms with van der Waals surface area (Å²) in [5.74, 6) is 0. The predicted molar refractivity (Wildman–Crippen MR) is 74.4 cm³/mol. The van der Waals surface area contributed by atoms with E-state index in [1.807, 2.05) is 25.6 Å². The number of H-pyrrole nitrogens is 1. The first-order valence-corrected chi connectivity index (χ1v) is 6.71. The van der Waals surface area contributed by atoms with Gasteiger partial charge in [-0.3, -0.25) is 9.25 Å². The van der Waals surface area contributed by atoms with Crippen molar-refractivity contribution in [3.63, 3.8) is 0 Å². The van der Waals surface area contributed by atoms with Crippen molar-refractivity contribution in [2.24, 2.45) is 7.05 Å². The van der Waals surface area contributed by atoms with Gasteiger partial charge in [0, 0.05) is 7.05 Å². The zero-order valence-corrected chi connectivity index (χ0v) is 12.2. The van der Waals surface area contributed by atoms with E-state index in [2.05, 4.69) is 21.6 Å². The second-order valence-electron chi connectivity index (χ2n) is 4.62. The molecule has 0 aliphatic heterocycles. The Balaban J connectivity index is 2.35. The summed E-state index contributed by atoms with van der Waals surface area (Å²) in [6.07, 6.45) is 1.14. The standard InChI is InChI=1S/C12H20N4OS/c1-5-9-10-11(15(4)14-9)16(12(18)13-10)6-7-17-8(2)3/h8H,5-7H2,1-4H3,(H,13,18). The van der Waals surface area contributed by atoms with Gasteiger partial charge in [0.1, 0.15) is 5.52 Å². The van der Waals surface area contributed by atoms with Gasteiger partial charge >= 0.3 is 0 Å². The minimum Gasteiger partial charge on any atom is -0.377 e. The predicted octanol–water partition coefficient (Wildman–Crippen LogP) is 2.42. The minimum absolute atomic E-state index is 0.242. The van der Waals surface area contributed by atoms with E-state index in [0.717, 1.165) is 34.6 Å². The van der Waals surface area contributed by atoms with Gasteiger partial charge in [-0.05, 0) is 32.5 Å². The van der Waals surface area contributed by atoms with E-state index < -0.39 is 0 Å². The largest absolute Gasteiger partial charge is 0.377 e. The third-order valence-corrected chi connectivity index (χ3v) is 3.25. The summed E-state index contributed by atoms with van der Waals surface area (Å²) in [6, 6.07) is 0. The Morgan fingerprint density at radius 2 is 2.17 bits per heavy atom. The molecule has 100 valence electrons. The number of aromatic amines is 1. The Morgan fingerprint density at radius 3 is 2.78 bits per heavy atom. The molecule has 1 N–H and O–H groups in total. The number of rotatable bonds is 5. The van der Waals surface area contributed by atoms with Crippen LogP contribution >= 0.6 is 12.2 Å². The highest BCUT2D eigenvalue weighted by Crippen LogP contribution is 2.18. The Morgan fingerprint density at radius 1 is 1.44 bits per heavy atom. The molecule has 0 amide bonds. The lowest BCUT2D eigenvalue weighted by Gasteiger charge is -2.08. The molecule has 0 unspecified atom stereocenters. The highest BCUT2D eigenvalue weighted by molar-refractivity contribution is 7.71.